The molecule has 1 aromatic rings. The Kier molecular flexibility index (Phi) is 5.00. The molecule has 0 saturated carbocycles. The predicted octanol–water partition coefficient (Wildman–Crippen LogP) is 2.99. The number of urea groups is 1. The minimum atomic E-state index is -0.254. The summed E-state index contributed by atoms with van der Waals surface area (Å²) in [6.45, 7) is 3.45. The van der Waals surface area contributed by atoms with Crippen molar-refractivity contribution < 1.29 is 14.3 Å². The van der Waals surface area contributed by atoms with Gasteiger partial charge in [-0.05, 0) is 37.3 Å². The van der Waals surface area contributed by atoms with E-state index in [1.54, 1.807) is 18.0 Å². The first kappa shape index (κ1) is 16.7. The van der Waals surface area contributed by atoms with E-state index < -0.39 is 0 Å². The fraction of sp³-hybridized carbons (Fsp3) is 0.474. The highest BCUT2D eigenvalue weighted by Gasteiger charge is 2.44. The lowest BCUT2D eigenvalue weighted by molar-refractivity contribution is -0.124. The van der Waals surface area contributed by atoms with Crippen LogP contribution in [0.5, 0.6) is 0 Å². The normalized spacial score (nSPS) is 25.7. The number of imide groups is 1. The number of carbonyl (C=O) groups is 2. The Balaban J connectivity index is 1.81. The molecule has 2 unspecified atom stereocenters. The molecule has 128 valence electrons. The molecule has 3 amide bonds. The van der Waals surface area contributed by atoms with E-state index in [-0.39, 0.29) is 24.0 Å². The Morgan fingerprint density at radius 2 is 1.88 bits per heavy atom. The van der Waals surface area contributed by atoms with Gasteiger partial charge in [0.15, 0.2) is 0 Å². The highest BCUT2D eigenvalue weighted by atomic mass is 16.5. The third-order valence-electron chi connectivity index (χ3n) is 5.01. The van der Waals surface area contributed by atoms with E-state index in [0.717, 1.165) is 31.6 Å². The summed E-state index contributed by atoms with van der Waals surface area (Å²) in [4.78, 5) is 28.3. The van der Waals surface area contributed by atoms with Crippen molar-refractivity contribution in [1.29, 1.82) is 0 Å². The molecular formula is C19H24N2O3. The van der Waals surface area contributed by atoms with Gasteiger partial charge in [0.1, 0.15) is 0 Å². The van der Waals surface area contributed by atoms with Gasteiger partial charge in [0, 0.05) is 20.3 Å². The number of hydrogen-bond donors (Lipinski definition) is 0. The molecular weight excluding hydrogens is 304 g/mol. The van der Waals surface area contributed by atoms with Crippen LogP contribution in [-0.4, -0.2) is 48.0 Å². The fourth-order valence-corrected chi connectivity index (χ4v) is 3.41. The topological polar surface area (TPSA) is 49.9 Å². The van der Waals surface area contributed by atoms with Crippen molar-refractivity contribution in [3.05, 3.63) is 48.0 Å². The third kappa shape index (κ3) is 3.22. The van der Waals surface area contributed by atoms with Gasteiger partial charge in [-0.15, -0.1) is 0 Å². The summed E-state index contributed by atoms with van der Waals surface area (Å²) in [7, 11) is 1.75. The van der Waals surface area contributed by atoms with Crippen molar-refractivity contribution in [3.8, 4) is 0 Å². The summed E-state index contributed by atoms with van der Waals surface area (Å²) in [6.07, 6.45) is 5.35. The van der Waals surface area contributed by atoms with Crippen LogP contribution >= 0.6 is 0 Å². The van der Waals surface area contributed by atoms with Gasteiger partial charge in [-0.3, -0.25) is 9.69 Å². The summed E-state index contributed by atoms with van der Waals surface area (Å²) in [5, 5.41) is 0. The summed E-state index contributed by atoms with van der Waals surface area (Å²) < 4.78 is 5.34. The van der Waals surface area contributed by atoms with Crippen LogP contribution in [0.15, 0.2) is 42.5 Å². The van der Waals surface area contributed by atoms with Crippen LogP contribution in [0.25, 0.3) is 0 Å². The number of rotatable bonds is 3. The van der Waals surface area contributed by atoms with Crippen LogP contribution in [0.2, 0.25) is 0 Å². The van der Waals surface area contributed by atoms with E-state index >= 15 is 0 Å². The second-order valence-electron chi connectivity index (χ2n) is 6.51. The fourth-order valence-electron chi connectivity index (χ4n) is 3.41. The van der Waals surface area contributed by atoms with Crippen molar-refractivity contribution in [2.75, 3.05) is 20.3 Å². The number of likely N-dealkylation sites (N-methyl/N-ethyl adjacent to an activating group) is 1. The molecule has 2 heterocycles. The van der Waals surface area contributed by atoms with Crippen LogP contribution in [0, 0.1) is 5.92 Å². The summed E-state index contributed by atoms with van der Waals surface area (Å²) in [5.41, 5.74) is 0.982. The second-order valence-corrected chi connectivity index (χ2v) is 6.51. The van der Waals surface area contributed by atoms with Gasteiger partial charge in [0.2, 0.25) is 0 Å². The van der Waals surface area contributed by atoms with Crippen molar-refractivity contribution in [1.82, 2.24) is 9.80 Å². The van der Waals surface area contributed by atoms with Crippen molar-refractivity contribution in [2.24, 2.45) is 5.92 Å². The Bertz CT molecular complexity index is 623. The lowest BCUT2D eigenvalue weighted by Crippen LogP contribution is -2.35. The highest BCUT2D eigenvalue weighted by Crippen LogP contribution is 2.34. The van der Waals surface area contributed by atoms with Crippen LogP contribution in [-0.2, 0) is 9.53 Å². The number of nitrogens with zero attached hydrogens (tertiary/aromatic N) is 2. The molecule has 3 rings (SSSR count). The molecule has 1 aromatic carbocycles. The molecule has 0 radical (unpaired) electrons. The number of allylic oxidation sites excluding steroid dienone is 1. The monoisotopic (exact) mass is 328 g/mol. The Morgan fingerprint density at radius 1 is 1.21 bits per heavy atom. The third-order valence-corrected chi connectivity index (χ3v) is 5.01. The molecule has 2 fully saturated rings. The van der Waals surface area contributed by atoms with Gasteiger partial charge in [-0.25, -0.2) is 4.79 Å². The van der Waals surface area contributed by atoms with Crippen molar-refractivity contribution in [2.45, 2.75) is 31.8 Å². The maximum Gasteiger partial charge on any atom is 0.327 e. The molecule has 0 aliphatic carbocycles. The minimum absolute atomic E-state index is 0.0552. The van der Waals surface area contributed by atoms with Crippen molar-refractivity contribution >= 4 is 11.9 Å². The zero-order chi connectivity index (χ0) is 17.1. The quantitative estimate of drug-likeness (QED) is 0.802. The van der Waals surface area contributed by atoms with Crippen LogP contribution in [0.4, 0.5) is 4.79 Å². The maximum absolute atomic E-state index is 12.7. The largest absolute Gasteiger partial charge is 0.381 e. The zero-order valence-electron chi connectivity index (χ0n) is 14.2. The number of amides is 3. The zero-order valence-corrected chi connectivity index (χ0v) is 14.2. The Labute approximate surface area is 142 Å². The van der Waals surface area contributed by atoms with Gasteiger partial charge >= 0.3 is 6.03 Å². The smallest absolute Gasteiger partial charge is 0.327 e. The minimum Gasteiger partial charge on any atom is -0.381 e. The first-order valence-electron chi connectivity index (χ1n) is 8.50. The number of benzene rings is 1. The van der Waals surface area contributed by atoms with Gasteiger partial charge in [-0.1, -0.05) is 36.4 Å². The molecule has 0 spiro atoms. The molecule has 5 nitrogen and oxygen atoms in total. The van der Waals surface area contributed by atoms with E-state index in [1.165, 1.54) is 4.90 Å². The number of hydrogen-bond acceptors (Lipinski definition) is 3. The van der Waals surface area contributed by atoms with Crippen LogP contribution in [0.1, 0.15) is 31.4 Å². The maximum atomic E-state index is 12.7. The van der Waals surface area contributed by atoms with Crippen LogP contribution < -0.4 is 0 Å². The summed E-state index contributed by atoms with van der Waals surface area (Å²) in [5.74, 6) is 0.113. The van der Waals surface area contributed by atoms with Gasteiger partial charge in [-0.2, -0.15) is 0 Å². The molecule has 0 aromatic heterocycles. The Hall–Kier alpha value is -2.14. The van der Waals surface area contributed by atoms with Crippen LogP contribution in [0.3, 0.4) is 0 Å². The SMILES string of the molecule is CC1C(c2ccccc2)N(C(=O)/C=C/C2CCOCC2)C(=O)N1C. The molecule has 5 heteroatoms. The molecule has 24 heavy (non-hydrogen) atoms. The molecule has 2 atom stereocenters. The molecule has 2 aliphatic rings. The average Bonchev–Trinajstić information content (AvgIpc) is 2.85. The second kappa shape index (κ2) is 7.18. The van der Waals surface area contributed by atoms with E-state index in [4.69, 9.17) is 4.74 Å². The molecule has 0 bridgehead atoms. The standard InChI is InChI=1S/C19H24N2O3/c1-14-18(16-6-4-3-5-7-16)21(19(23)20(14)2)17(22)9-8-15-10-12-24-13-11-15/h3-9,14-15,18H,10-13H2,1-2H3/b9-8+. The van der Waals surface area contributed by atoms with E-state index in [1.807, 2.05) is 43.3 Å². The molecule has 2 saturated heterocycles. The molecule has 2 aliphatic heterocycles. The lowest BCUT2D eigenvalue weighted by Gasteiger charge is -2.23. The van der Waals surface area contributed by atoms with Gasteiger partial charge < -0.3 is 9.64 Å². The summed E-state index contributed by atoms with van der Waals surface area (Å²) in [6, 6.07) is 9.20. The lowest BCUT2D eigenvalue weighted by atomic mass is 9.99. The Morgan fingerprint density at radius 3 is 2.54 bits per heavy atom. The van der Waals surface area contributed by atoms with Gasteiger partial charge in [0.25, 0.3) is 5.91 Å². The number of ether oxygens (including phenoxy) is 1. The highest BCUT2D eigenvalue weighted by molar-refractivity contribution is 6.02. The van der Waals surface area contributed by atoms with Crippen molar-refractivity contribution in [3.63, 3.8) is 0 Å². The molecule has 0 N–H and O–H groups in total. The van der Waals surface area contributed by atoms with Gasteiger partial charge in [0.05, 0.1) is 12.1 Å². The summed E-state index contributed by atoms with van der Waals surface area (Å²) >= 11 is 0. The number of carbonyl (C=O) groups excluding carboxylic acids is 2. The van der Waals surface area contributed by atoms with E-state index in [0.29, 0.717) is 5.92 Å². The first-order chi connectivity index (χ1) is 11.6. The van der Waals surface area contributed by atoms with E-state index in [2.05, 4.69) is 0 Å². The van der Waals surface area contributed by atoms with E-state index in [9.17, 15) is 9.59 Å². The predicted molar refractivity (Wildman–Crippen MR) is 91.3 cm³/mol. The average molecular weight is 328 g/mol. The first-order valence-corrected chi connectivity index (χ1v) is 8.50.